The summed E-state index contributed by atoms with van der Waals surface area (Å²) in [7, 11) is 2.53. The van der Waals surface area contributed by atoms with E-state index in [1.165, 1.54) is 48.7 Å². The summed E-state index contributed by atoms with van der Waals surface area (Å²) >= 11 is 1.27. The summed E-state index contributed by atoms with van der Waals surface area (Å²) < 4.78 is 90.0. The van der Waals surface area contributed by atoms with Crippen LogP contribution < -0.4 is 15.6 Å². The number of carbonyl (C=O) groups is 1. The van der Waals surface area contributed by atoms with Crippen molar-refractivity contribution in [2.75, 3.05) is 39.7 Å². The van der Waals surface area contributed by atoms with Crippen LogP contribution in [-0.2, 0) is 26.9 Å². The van der Waals surface area contributed by atoms with E-state index in [0.717, 1.165) is 23.8 Å². The Bertz CT molecular complexity index is 1850. The van der Waals surface area contributed by atoms with Gasteiger partial charge in [-0.05, 0) is 41.8 Å². The normalized spacial score (nSPS) is 14.9. The average molecular weight is 689 g/mol. The summed E-state index contributed by atoms with van der Waals surface area (Å²) in [5.74, 6) is -2.18. The molecule has 13 heteroatoms. The number of pyridine rings is 1. The van der Waals surface area contributed by atoms with E-state index < -0.39 is 59.0 Å². The second kappa shape index (κ2) is 14.9. The van der Waals surface area contributed by atoms with Gasteiger partial charge in [-0.15, -0.1) is 11.8 Å². The number of nitrogens with zero attached hydrogens (tertiary/aromatic N) is 1. The third kappa shape index (κ3) is 7.13. The lowest BCUT2D eigenvalue weighted by atomic mass is 9.91. The monoisotopic (exact) mass is 688 g/mol. The Balaban J connectivity index is 1.69. The molecule has 1 aliphatic heterocycles. The van der Waals surface area contributed by atoms with E-state index in [4.69, 9.17) is 9.47 Å². The van der Waals surface area contributed by atoms with Crippen LogP contribution >= 0.6 is 11.8 Å². The number of ether oxygens (including phenoxy) is 3. The molecule has 2 atom stereocenters. The molecule has 0 amide bonds. The highest BCUT2D eigenvalue weighted by molar-refractivity contribution is 7.99. The Morgan fingerprint density at radius 1 is 1.02 bits per heavy atom. The first-order valence-corrected chi connectivity index (χ1v) is 16.0. The number of nitrogens with one attached hydrogen (secondary N) is 1. The molecule has 0 saturated heterocycles. The van der Waals surface area contributed by atoms with Crippen molar-refractivity contribution in [2.24, 2.45) is 0 Å². The van der Waals surface area contributed by atoms with Crippen molar-refractivity contribution in [3.8, 4) is 16.9 Å². The van der Waals surface area contributed by atoms with E-state index in [1.807, 2.05) is 30.3 Å². The van der Waals surface area contributed by atoms with E-state index in [1.54, 1.807) is 6.92 Å². The molecule has 1 aromatic heterocycles. The van der Waals surface area contributed by atoms with Gasteiger partial charge >= 0.3 is 12.1 Å². The maximum absolute atomic E-state index is 15.8. The van der Waals surface area contributed by atoms with Gasteiger partial charge in [-0.2, -0.15) is 13.2 Å². The summed E-state index contributed by atoms with van der Waals surface area (Å²) in [5, 5.41) is 3.77. The number of esters is 1. The Morgan fingerprint density at radius 3 is 2.44 bits per heavy atom. The lowest BCUT2D eigenvalue weighted by molar-refractivity contribution is -0.145. The maximum atomic E-state index is 15.8. The van der Waals surface area contributed by atoms with Gasteiger partial charge in [0.25, 0.3) is 5.56 Å². The largest absolute Gasteiger partial charge is 0.494 e. The van der Waals surface area contributed by atoms with Crippen LogP contribution in [0.5, 0.6) is 5.75 Å². The van der Waals surface area contributed by atoms with Gasteiger partial charge in [0, 0.05) is 29.8 Å². The minimum Gasteiger partial charge on any atom is -0.494 e. The standard InChI is InChI=1S/C35H33F5N2O5S/c1-20-23(17-24-25(35(38,39)40)12-8-13-26(24)36)34-42(33(44)30(20)22-11-7-14-28(45-2)31(22)37)27(19-48-34)32(21-9-5-4-6-10-21)41-15-16-47-18-29(43)46-3/h4-14,27,32,41H,15-19H2,1-3H3. The van der Waals surface area contributed by atoms with E-state index in [9.17, 15) is 22.8 Å². The van der Waals surface area contributed by atoms with Crippen molar-refractivity contribution < 1.29 is 41.0 Å². The molecule has 254 valence electrons. The van der Waals surface area contributed by atoms with Crippen LogP contribution in [0, 0.1) is 18.6 Å². The number of benzene rings is 3. The first kappa shape index (κ1) is 35.1. The molecule has 0 radical (unpaired) electrons. The fourth-order valence-corrected chi connectivity index (χ4v) is 7.40. The molecule has 1 aliphatic rings. The van der Waals surface area contributed by atoms with Gasteiger partial charge < -0.3 is 19.5 Å². The predicted molar refractivity (Wildman–Crippen MR) is 171 cm³/mol. The summed E-state index contributed by atoms with van der Waals surface area (Å²) in [4.78, 5) is 26.0. The van der Waals surface area contributed by atoms with Crippen LogP contribution in [0.3, 0.4) is 0 Å². The van der Waals surface area contributed by atoms with Crippen molar-refractivity contribution in [1.82, 2.24) is 9.88 Å². The third-order valence-corrected chi connectivity index (χ3v) is 9.52. The Hall–Kier alpha value is -4.20. The number of halogens is 5. The van der Waals surface area contributed by atoms with Gasteiger partial charge in [-0.1, -0.05) is 48.5 Å². The van der Waals surface area contributed by atoms with Gasteiger partial charge in [0.1, 0.15) is 12.4 Å². The minimum atomic E-state index is -4.84. The second-order valence-corrected chi connectivity index (χ2v) is 12.1. The molecule has 3 aromatic carbocycles. The Labute approximate surface area is 278 Å². The zero-order chi connectivity index (χ0) is 34.6. The minimum absolute atomic E-state index is 0.0595. The lowest BCUT2D eigenvalue weighted by Crippen LogP contribution is -2.37. The predicted octanol–water partition coefficient (Wildman–Crippen LogP) is 6.89. The Morgan fingerprint density at radius 2 is 1.75 bits per heavy atom. The quantitative estimate of drug-likeness (QED) is 0.0988. The first-order chi connectivity index (χ1) is 23.0. The van der Waals surface area contributed by atoms with Gasteiger partial charge in [0.2, 0.25) is 0 Å². The summed E-state index contributed by atoms with van der Waals surface area (Å²) in [6.45, 7) is 1.69. The van der Waals surface area contributed by atoms with Crippen LogP contribution in [0.25, 0.3) is 11.1 Å². The summed E-state index contributed by atoms with van der Waals surface area (Å²) in [6.07, 6.45) is -5.33. The number of hydrogen-bond donors (Lipinski definition) is 1. The zero-order valence-electron chi connectivity index (χ0n) is 26.3. The third-order valence-electron chi connectivity index (χ3n) is 8.29. The maximum Gasteiger partial charge on any atom is 0.416 e. The van der Waals surface area contributed by atoms with Crippen molar-refractivity contribution in [1.29, 1.82) is 0 Å². The number of alkyl halides is 3. The molecule has 0 bridgehead atoms. The van der Waals surface area contributed by atoms with Crippen molar-refractivity contribution in [3.63, 3.8) is 0 Å². The van der Waals surface area contributed by atoms with E-state index in [0.29, 0.717) is 10.8 Å². The smallest absolute Gasteiger partial charge is 0.416 e. The number of rotatable bonds is 12. The van der Waals surface area contributed by atoms with Crippen LogP contribution in [0.1, 0.15) is 39.9 Å². The molecule has 0 aliphatic carbocycles. The number of fused-ring (bicyclic) bond motifs is 1. The van der Waals surface area contributed by atoms with Gasteiger partial charge in [-0.3, -0.25) is 9.36 Å². The molecule has 7 nitrogen and oxygen atoms in total. The molecule has 0 saturated carbocycles. The summed E-state index contributed by atoms with van der Waals surface area (Å²) in [5.41, 5.74) is -1.08. The van der Waals surface area contributed by atoms with Crippen LogP contribution in [0.4, 0.5) is 22.0 Å². The number of carbonyl (C=O) groups excluding carboxylic acids is 1. The van der Waals surface area contributed by atoms with Crippen molar-refractivity contribution in [3.05, 3.63) is 117 Å². The molecule has 1 N–H and O–H groups in total. The fourth-order valence-electron chi connectivity index (χ4n) is 5.98. The van der Waals surface area contributed by atoms with Crippen LogP contribution in [-0.4, -0.2) is 50.3 Å². The molecule has 4 aromatic rings. The van der Waals surface area contributed by atoms with Crippen LogP contribution in [0.2, 0.25) is 0 Å². The molecule has 2 unspecified atom stereocenters. The molecular formula is C35H33F5N2O5S. The summed E-state index contributed by atoms with van der Waals surface area (Å²) in [6, 6.07) is 15.2. The van der Waals surface area contributed by atoms with E-state index >= 15 is 8.78 Å². The van der Waals surface area contributed by atoms with Gasteiger partial charge in [0.05, 0.1) is 49.1 Å². The molecule has 0 fully saturated rings. The van der Waals surface area contributed by atoms with Crippen LogP contribution in [0.15, 0.2) is 76.6 Å². The highest BCUT2D eigenvalue weighted by atomic mass is 32.2. The first-order valence-electron chi connectivity index (χ1n) is 15.0. The highest BCUT2D eigenvalue weighted by Gasteiger charge is 2.38. The molecule has 2 heterocycles. The fraction of sp³-hybridized carbons (Fsp3) is 0.314. The molecular weight excluding hydrogens is 655 g/mol. The number of hydrogen-bond acceptors (Lipinski definition) is 7. The topological polar surface area (TPSA) is 78.8 Å². The number of thioether (sulfide) groups is 1. The van der Waals surface area contributed by atoms with Crippen molar-refractivity contribution in [2.45, 2.75) is 36.6 Å². The second-order valence-electron chi connectivity index (χ2n) is 11.1. The zero-order valence-corrected chi connectivity index (χ0v) is 27.1. The number of aromatic nitrogens is 1. The van der Waals surface area contributed by atoms with E-state index in [2.05, 4.69) is 10.1 Å². The van der Waals surface area contributed by atoms with E-state index in [-0.39, 0.29) is 47.8 Å². The molecule has 48 heavy (non-hydrogen) atoms. The van der Waals surface area contributed by atoms with Crippen molar-refractivity contribution >= 4 is 17.7 Å². The number of methoxy groups -OCH3 is 2. The molecule has 5 rings (SSSR count). The highest BCUT2D eigenvalue weighted by Crippen LogP contribution is 2.45. The average Bonchev–Trinajstić information content (AvgIpc) is 3.50. The SMILES string of the molecule is COC(=O)COCCNC(c1ccccc1)C1CSc2c(Cc3c(F)cccc3C(F)(F)F)c(C)c(-c3cccc(OC)c3F)c(=O)n21. The molecule has 0 spiro atoms. The van der Waals surface area contributed by atoms with Gasteiger partial charge in [0.15, 0.2) is 11.6 Å². The Kier molecular flexibility index (Phi) is 10.9. The lowest BCUT2D eigenvalue weighted by Gasteiger charge is -2.28. The van der Waals surface area contributed by atoms with Gasteiger partial charge in [-0.25, -0.2) is 13.6 Å².